The lowest BCUT2D eigenvalue weighted by Crippen LogP contribution is -2.05. The fraction of sp³-hybridized carbons (Fsp3) is 0.438. The highest BCUT2D eigenvalue weighted by atomic mass is 16.5. The first-order chi connectivity index (χ1) is 9.72. The maximum absolute atomic E-state index is 10.4. The Balaban J connectivity index is 2.20. The number of hydrogen-bond donors (Lipinski definition) is 1. The summed E-state index contributed by atoms with van der Waals surface area (Å²) >= 11 is 0. The fourth-order valence-corrected chi connectivity index (χ4v) is 1.55. The molecule has 1 aromatic carbocycles. The zero-order chi connectivity index (χ0) is 14.6. The second-order valence-corrected chi connectivity index (χ2v) is 4.43. The zero-order valence-electron chi connectivity index (χ0n) is 11.9. The molecule has 0 atom stereocenters. The molecule has 0 aliphatic carbocycles. The highest BCUT2D eigenvalue weighted by Gasteiger charge is 1.95. The molecule has 0 amide bonds. The Labute approximate surface area is 120 Å². The molecule has 0 heterocycles. The quantitative estimate of drug-likeness (QED) is 0.528. The lowest BCUT2D eigenvalue weighted by Gasteiger charge is -2.06. The number of rotatable bonds is 10. The van der Waals surface area contributed by atoms with Crippen LogP contribution in [0, 0.1) is 0 Å². The molecular formula is C16H22O4. The molecule has 0 spiro atoms. The van der Waals surface area contributed by atoms with E-state index in [9.17, 15) is 4.79 Å². The molecule has 0 radical (unpaired) electrons. The van der Waals surface area contributed by atoms with Crippen molar-refractivity contribution in [3.63, 3.8) is 0 Å². The monoisotopic (exact) mass is 278 g/mol. The Kier molecular flexibility index (Phi) is 8.35. The minimum absolute atomic E-state index is 0.542. The van der Waals surface area contributed by atoms with Gasteiger partial charge in [-0.3, -0.25) is 0 Å². The van der Waals surface area contributed by atoms with Crippen LogP contribution in [0.25, 0.3) is 6.08 Å². The van der Waals surface area contributed by atoms with Crippen molar-refractivity contribution in [1.29, 1.82) is 0 Å². The predicted octanol–water partition coefficient (Wildman–Crippen LogP) is 3.12. The van der Waals surface area contributed by atoms with Gasteiger partial charge < -0.3 is 14.6 Å². The summed E-state index contributed by atoms with van der Waals surface area (Å²) in [6, 6.07) is 7.60. The number of aliphatic carboxylic acids is 1. The van der Waals surface area contributed by atoms with Gasteiger partial charge in [0.15, 0.2) is 0 Å². The molecule has 0 aliphatic rings. The molecule has 0 saturated heterocycles. The van der Waals surface area contributed by atoms with E-state index in [-0.39, 0.29) is 0 Å². The highest BCUT2D eigenvalue weighted by molar-refractivity contribution is 5.85. The molecule has 20 heavy (non-hydrogen) atoms. The van der Waals surface area contributed by atoms with Gasteiger partial charge >= 0.3 is 5.97 Å². The van der Waals surface area contributed by atoms with Crippen molar-refractivity contribution >= 4 is 12.0 Å². The van der Waals surface area contributed by atoms with Crippen LogP contribution in [-0.2, 0) is 20.9 Å². The average molecular weight is 278 g/mol. The van der Waals surface area contributed by atoms with Crippen LogP contribution < -0.4 is 0 Å². The van der Waals surface area contributed by atoms with E-state index in [2.05, 4.69) is 6.92 Å². The van der Waals surface area contributed by atoms with Crippen LogP contribution in [0.1, 0.15) is 30.9 Å². The van der Waals surface area contributed by atoms with Gasteiger partial charge in [-0.25, -0.2) is 4.79 Å². The summed E-state index contributed by atoms with van der Waals surface area (Å²) < 4.78 is 10.9. The molecule has 1 rings (SSSR count). The van der Waals surface area contributed by atoms with Crippen molar-refractivity contribution < 1.29 is 19.4 Å². The minimum Gasteiger partial charge on any atom is -0.478 e. The van der Waals surface area contributed by atoms with Crippen molar-refractivity contribution in [2.45, 2.75) is 26.4 Å². The van der Waals surface area contributed by atoms with E-state index < -0.39 is 5.97 Å². The Bertz CT molecular complexity index is 409. The summed E-state index contributed by atoms with van der Waals surface area (Å²) in [4.78, 5) is 10.4. The second-order valence-electron chi connectivity index (χ2n) is 4.43. The van der Waals surface area contributed by atoms with Crippen LogP contribution >= 0.6 is 0 Å². The molecule has 1 aromatic rings. The molecular weight excluding hydrogens is 256 g/mol. The van der Waals surface area contributed by atoms with Gasteiger partial charge in [0.1, 0.15) is 0 Å². The number of ether oxygens (including phenoxy) is 2. The van der Waals surface area contributed by atoms with Gasteiger partial charge in [0.2, 0.25) is 0 Å². The van der Waals surface area contributed by atoms with Gasteiger partial charge in [0.05, 0.1) is 19.8 Å². The van der Waals surface area contributed by atoms with Crippen molar-refractivity contribution in [3.05, 3.63) is 41.5 Å². The topological polar surface area (TPSA) is 55.8 Å². The number of benzene rings is 1. The van der Waals surface area contributed by atoms with Gasteiger partial charge in [-0.1, -0.05) is 37.6 Å². The van der Waals surface area contributed by atoms with Crippen LogP contribution in [0.4, 0.5) is 0 Å². The number of carboxylic acid groups (broad SMARTS) is 1. The van der Waals surface area contributed by atoms with Crippen molar-refractivity contribution in [2.24, 2.45) is 0 Å². The van der Waals surface area contributed by atoms with E-state index in [1.807, 2.05) is 24.3 Å². The van der Waals surface area contributed by atoms with Crippen LogP contribution in [-0.4, -0.2) is 30.9 Å². The molecule has 1 N–H and O–H groups in total. The lowest BCUT2D eigenvalue weighted by atomic mass is 10.1. The standard InChI is InChI=1S/C16H22O4/c1-2-3-10-19-11-12-20-13-15-6-4-14(5-7-15)8-9-16(17)18/h4-9H,2-3,10-13H2,1H3,(H,17,18). The number of carbonyl (C=O) groups is 1. The van der Waals surface area contributed by atoms with Gasteiger partial charge in [-0.2, -0.15) is 0 Å². The normalized spacial score (nSPS) is 11.1. The van der Waals surface area contributed by atoms with Gasteiger partial charge in [0.25, 0.3) is 0 Å². The first kappa shape index (κ1) is 16.4. The second kappa shape index (κ2) is 10.2. The van der Waals surface area contributed by atoms with Crippen molar-refractivity contribution in [1.82, 2.24) is 0 Å². The molecule has 0 fully saturated rings. The fourth-order valence-electron chi connectivity index (χ4n) is 1.55. The van der Waals surface area contributed by atoms with E-state index in [0.717, 1.165) is 36.7 Å². The SMILES string of the molecule is CCCCOCCOCc1ccc(C=CC(=O)O)cc1. The van der Waals surface area contributed by atoms with Crippen molar-refractivity contribution in [3.8, 4) is 0 Å². The molecule has 0 bridgehead atoms. The maximum Gasteiger partial charge on any atom is 0.328 e. The Morgan fingerprint density at radius 2 is 1.85 bits per heavy atom. The summed E-state index contributed by atoms with van der Waals surface area (Å²) in [5.41, 5.74) is 1.92. The summed E-state index contributed by atoms with van der Waals surface area (Å²) in [6.07, 6.45) is 4.92. The van der Waals surface area contributed by atoms with E-state index in [1.54, 1.807) is 6.08 Å². The summed E-state index contributed by atoms with van der Waals surface area (Å²) in [6.45, 7) is 4.68. The number of carboxylic acids is 1. The van der Waals surface area contributed by atoms with Crippen LogP contribution in [0.2, 0.25) is 0 Å². The third-order valence-corrected chi connectivity index (χ3v) is 2.68. The summed E-state index contributed by atoms with van der Waals surface area (Å²) in [5.74, 6) is -0.944. The lowest BCUT2D eigenvalue weighted by molar-refractivity contribution is -0.131. The minimum atomic E-state index is -0.944. The third kappa shape index (κ3) is 7.71. The molecule has 0 aromatic heterocycles. The van der Waals surface area contributed by atoms with E-state index >= 15 is 0 Å². The molecule has 0 saturated carbocycles. The molecule has 4 nitrogen and oxygen atoms in total. The summed E-state index contributed by atoms with van der Waals surface area (Å²) in [7, 11) is 0. The van der Waals surface area contributed by atoms with Crippen molar-refractivity contribution in [2.75, 3.05) is 19.8 Å². The Morgan fingerprint density at radius 1 is 1.15 bits per heavy atom. The van der Waals surface area contributed by atoms with E-state index in [4.69, 9.17) is 14.6 Å². The summed E-state index contributed by atoms with van der Waals surface area (Å²) in [5, 5.41) is 8.53. The van der Waals surface area contributed by atoms with Gasteiger partial charge in [0, 0.05) is 12.7 Å². The predicted molar refractivity (Wildman–Crippen MR) is 78.5 cm³/mol. The number of unbranched alkanes of at least 4 members (excludes halogenated alkanes) is 1. The first-order valence-corrected chi connectivity index (χ1v) is 6.88. The van der Waals surface area contributed by atoms with Crippen LogP contribution in [0.3, 0.4) is 0 Å². The Morgan fingerprint density at radius 3 is 2.50 bits per heavy atom. The average Bonchev–Trinajstić information content (AvgIpc) is 2.45. The first-order valence-electron chi connectivity index (χ1n) is 6.88. The largest absolute Gasteiger partial charge is 0.478 e. The third-order valence-electron chi connectivity index (χ3n) is 2.68. The number of hydrogen-bond acceptors (Lipinski definition) is 3. The maximum atomic E-state index is 10.4. The van der Waals surface area contributed by atoms with Crippen LogP contribution in [0.5, 0.6) is 0 Å². The van der Waals surface area contributed by atoms with Gasteiger partial charge in [-0.05, 0) is 23.6 Å². The van der Waals surface area contributed by atoms with E-state index in [1.165, 1.54) is 0 Å². The molecule has 0 unspecified atom stereocenters. The highest BCUT2D eigenvalue weighted by Crippen LogP contribution is 2.07. The zero-order valence-corrected chi connectivity index (χ0v) is 11.9. The molecule has 110 valence electrons. The Hall–Kier alpha value is -1.65. The smallest absolute Gasteiger partial charge is 0.328 e. The van der Waals surface area contributed by atoms with Gasteiger partial charge in [-0.15, -0.1) is 0 Å². The molecule has 4 heteroatoms. The van der Waals surface area contributed by atoms with Crippen LogP contribution in [0.15, 0.2) is 30.3 Å². The van der Waals surface area contributed by atoms with E-state index in [0.29, 0.717) is 19.8 Å². The molecule has 0 aliphatic heterocycles.